The highest BCUT2D eigenvalue weighted by Gasteiger charge is 2.35. The largest absolute Gasteiger partial charge is 0.484 e. The lowest BCUT2D eigenvalue weighted by molar-refractivity contribution is -0.140. The van der Waals surface area contributed by atoms with E-state index in [1.54, 1.807) is 6.07 Å². The van der Waals surface area contributed by atoms with Crippen molar-refractivity contribution in [2.24, 2.45) is 5.73 Å². The van der Waals surface area contributed by atoms with Crippen LogP contribution in [0.1, 0.15) is 30.4 Å². The molecule has 3 rings (SSSR count). The number of fused-ring (bicyclic) bond motifs is 1. The molecule has 0 aliphatic heterocycles. The fourth-order valence-corrected chi connectivity index (χ4v) is 3.63. The van der Waals surface area contributed by atoms with Crippen LogP contribution in [0, 0.1) is 0 Å². The maximum absolute atomic E-state index is 12.5. The first-order valence-electron chi connectivity index (χ1n) is 9.42. The van der Waals surface area contributed by atoms with Crippen LogP contribution in [0.25, 0.3) is 0 Å². The van der Waals surface area contributed by atoms with Crippen LogP contribution in [0.2, 0.25) is 0 Å². The lowest BCUT2D eigenvalue weighted by Crippen LogP contribution is -2.49. The molecule has 1 aromatic carbocycles. The molecule has 0 radical (unpaired) electrons. The van der Waals surface area contributed by atoms with E-state index in [1.807, 2.05) is 12.1 Å². The van der Waals surface area contributed by atoms with Gasteiger partial charge in [0, 0.05) is 12.0 Å². The Morgan fingerprint density at radius 2 is 1.93 bits per heavy atom. The molecule has 1 aromatic rings. The molecule has 156 valence electrons. The number of aryl methyl sites for hydroxylation is 2. The number of aliphatic hydroxyl groups is 2. The molecular formula is C20H24N2O7. The molecule has 0 aromatic heterocycles. The molecule has 0 spiro atoms. The van der Waals surface area contributed by atoms with Gasteiger partial charge in [-0.2, -0.15) is 0 Å². The van der Waals surface area contributed by atoms with Gasteiger partial charge in [0.05, 0.1) is 12.5 Å². The van der Waals surface area contributed by atoms with E-state index < -0.39 is 48.6 Å². The molecule has 2 aliphatic carbocycles. The SMILES string of the molecule is NC(=O)C(CC(=O)O)NC(=O)C1=CC(Oc2ccc3c(c2)CCC3)C(O)C(O)C1. The van der Waals surface area contributed by atoms with Gasteiger partial charge in [0.2, 0.25) is 11.8 Å². The topological polar surface area (TPSA) is 159 Å². The number of nitrogens with one attached hydrogen (secondary N) is 1. The molecule has 6 N–H and O–H groups in total. The number of ether oxygens (including phenoxy) is 1. The Hall–Kier alpha value is -2.91. The summed E-state index contributed by atoms with van der Waals surface area (Å²) in [6.07, 6.45) is 0.0999. The minimum Gasteiger partial charge on any atom is -0.484 e. The number of benzene rings is 1. The molecule has 2 amide bonds. The highest BCUT2D eigenvalue weighted by Crippen LogP contribution is 2.29. The van der Waals surface area contributed by atoms with Crippen LogP contribution in [0.3, 0.4) is 0 Å². The van der Waals surface area contributed by atoms with Crippen LogP contribution in [-0.2, 0) is 27.2 Å². The third-order valence-corrected chi connectivity index (χ3v) is 5.19. The number of carboxylic acid groups (broad SMARTS) is 1. The van der Waals surface area contributed by atoms with Gasteiger partial charge < -0.3 is 31.1 Å². The molecule has 29 heavy (non-hydrogen) atoms. The summed E-state index contributed by atoms with van der Waals surface area (Å²) in [5.74, 6) is -2.51. The summed E-state index contributed by atoms with van der Waals surface area (Å²) in [6.45, 7) is 0. The normalized spacial score (nSPS) is 24.2. The Morgan fingerprint density at radius 3 is 2.62 bits per heavy atom. The lowest BCUT2D eigenvalue weighted by atomic mass is 9.91. The van der Waals surface area contributed by atoms with Crippen molar-refractivity contribution in [1.29, 1.82) is 0 Å². The molecule has 4 atom stereocenters. The number of rotatable bonds is 7. The number of carbonyl (C=O) groups is 3. The van der Waals surface area contributed by atoms with E-state index in [2.05, 4.69) is 5.32 Å². The summed E-state index contributed by atoms with van der Waals surface area (Å²) in [5.41, 5.74) is 7.64. The number of carboxylic acids is 1. The molecule has 0 fully saturated rings. The van der Waals surface area contributed by atoms with Crippen molar-refractivity contribution in [3.63, 3.8) is 0 Å². The number of primary amides is 1. The number of aliphatic hydroxyl groups excluding tert-OH is 2. The lowest BCUT2D eigenvalue weighted by Gasteiger charge is -2.31. The van der Waals surface area contributed by atoms with Gasteiger partial charge >= 0.3 is 5.97 Å². The Bertz CT molecular complexity index is 851. The second kappa shape index (κ2) is 8.62. The van der Waals surface area contributed by atoms with Crippen molar-refractivity contribution < 1.29 is 34.4 Å². The molecule has 0 saturated heterocycles. The smallest absolute Gasteiger partial charge is 0.305 e. The van der Waals surface area contributed by atoms with Gasteiger partial charge in [-0.15, -0.1) is 0 Å². The van der Waals surface area contributed by atoms with Crippen LogP contribution in [0.15, 0.2) is 29.8 Å². The first kappa shape index (κ1) is 20.8. The van der Waals surface area contributed by atoms with Gasteiger partial charge in [-0.05, 0) is 48.6 Å². The number of nitrogens with two attached hydrogens (primary N) is 1. The molecule has 2 aliphatic rings. The molecule has 4 unspecified atom stereocenters. The number of amides is 2. The van der Waals surface area contributed by atoms with Gasteiger partial charge in [-0.3, -0.25) is 14.4 Å². The zero-order valence-electron chi connectivity index (χ0n) is 15.7. The Kier molecular flexibility index (Phi) is 6.19. The summed E-state index contributed by atoms with van der Waals surface area (Å²) in [7, 11) is 0. The predicted octanol–water partition coefficient (Wildman–Crippen LogP) is -0.581. The molecule has 0 saturated carbocycles. The van der Waals surface area contributed by atoms with Crippen LogP contribution >= 0.6 is 0 Å². The van der Waals surface area contributed by atoms with E-state index in [1.165, 1.54) is 17.2 Å². The van der Waals surface area contributed by atoms with Crippen LogP contribution in [0.5, 0.6) is 5.75 Å². The first-order chi connectivity index (χ1) is 13.7. The average molecular weight is 404 g/mol. The third kappa shape index (κ3) is 4.93. The molecule has 0 heterocycles. The van der Waals surface area contributed by atoms with E-state index >= 15 is 0 Å². The van der Waals surface area contributed by atoms with Gasteiger partial charge in [0.15, 0.2) is 0 Å². The van der Waals surface area contributed by atoms with E-state index in [4.69, 9.17) is 15.6 Å². The summed E-state index contributed by atoms with van der Waals surface area (Å²) in [5, 5.41) is 31.5. The maximum Gasteiger partial charge on any atom is 0.305 e. The predicted molar refractivity (Wildman–Crippen MR) is 101 cm³/mol. The fraction of sp³-hybridized carbons (Fsp3) is 0.450. The summed E-state index contributed by atoms with van der Waals surface area (Å²) < 4.78 is 5.81. The average Bonchev–Trinajstić information content (AvgIpc) is 3.12. The quantitative estimate of drug-likeness (QED) is 0.406. The van der Waals surface area contributed by atoms with Gasteiger partial charge in [-0.25, -0.2) is 0 Å². The highest BCUT2D eigenvalue weighted by atomic mass is 16.5. The van der Waals surface area contributed by atoms with Crippen molar-refractivity contribution in [2.45, 2.75) is 56.5 Å². The van der Waals surface area contributed by atoms with Gasteiger partial charge in [0.1, 0.15) is 24.0 Å². The van der Waals surface area contributed by atoms with Crippen molar-refractivity contribution in [2.75, 3.05) is 0 Å². The summed E-state index contributed by atoms with van der Waals surface area (Å²) >= 11 is 0. The Labute approximate surface area is 167 Å². The van der Waals surface area contributed by atoms with Crippen LogP contribution in [0.4, 0.5) is 0 Å². The first-order valence-corrected chi connectivity index (χ1v) is 9.42. The van der Waals surface area contributed by atoms with E-state index in [0.717, 1.165) is 19.3 Å². The molecule has 9 nitrogen and oxygen atoms in total. The summed E-state index contributed by atoms with van der Waals surface area (Å²) in [4.78, 5) is 34.7. The molecule has 9 heteroatoms. The Balaban J connectivity index is 1.75. The van der Waals surface area contributed by atoms with Crippen LogP contribution in [-0.4, -0.2) is 57.5 Å². The Morgan fingerprint density at radius 1 is 1.21 bits per heavy atom. The molecular weight excluding hydrogens is 380 g/mol. The van der Waals surface area contributed by atoms with E-state index in [9.17, 15) is 24.6 Å². The standard InChI is InChI=1S/C20H24N2O7/c21-19(27)14(9-17(24)25)22-20(28)12-7-15(23)18(26)16(8-12)29-13-5-4-10-2-1-3-11(10)6-13/h4-6,8,14-16,18,23,26H,1-3,7,9H2,(H2,21,27)(H,22,28)(H,24,25). The van der Waals surface area contributed by atoms with Crippen molar-refractivity contribution in [3.05, 3.63) is 41.0 Å². The zero-order chi connectivity index (χ0) is 21.1. The number of hydrogen-bond donors (Lipinski definition) is 5. The monoisotopic (exact) mass is 404 g/mol. The number of carbonyl (C=O) groups excluding carboxylic acids is 2. The van der Waals surface area contributed by atoms with Crippen molar-refractivity contribution in [1.82, 2.24) is 5.32 Å². The van der Waals surface area contributed by atoms with E-state index in [0.29, 0.717) is 5.75 Å². The van der Waals surface area contributed by atoms with Crippen molar-refractivity contribution >= 4 is 17.8 Å². The minimum atomic E-state index is -1.39. The fourth-order valence-electron chi connectivity index (χ4n) is 3.63. The van der Waals surface area contributed by atoms with Gasteiger partial charge in [-0.1, -0.05) is 6.07 Å². The zero-order valence-corrected chi connectivity index (χ0v) is 15.7. The van der Waals surface area contributed by atoms with Gasteiger partial charge in [0.25, 0.3) is 0 Å². The van der Waals surface area contributed by atoms with Crippen molar-refractivity contribution in [3.8, 4) is 5.75 Å². The summed E-state index contributed by atoms with van der Waals surface area (Å²) in [6, 6.07) is 4.24. The maximum atomic E-state index is 12.5. The molecule has 0 bridgehead atoms. The minimum absolute atomic E-state index is 0.0746. The van der Waals surface area contributed by atoms with E-state index in [-0.39, 0.29) is 12.0 Å². The van der Waals surface area contributed by atoms with Crippen LogP contribution < -0.4 is 15.8 Å². The number of aliphatic carboxylic acids is 1. The second-order valence-electron chi connectivity index (χ2n) is 7.35. The third-order valence-electron chi connectivity index (χ3n) is 5.19. The second-order valence-corrected chi connectivity index (χ2v) is 7.35. The highest BCUT2D eigenvalue weighted by molar-refractivity contribution is 5.98. The number of hydrogen-bond acceptors (Lipinski definition) is 6.